The van der Waals surface area contributed by atoms with Crippen LogP contribution >= 0.6 is 0 Å². The van der Waals surface area contributed by atoms with Gasteiger partial charge in [-0.1, -0.05) is 50.5 Å². The van der Waals surface area contributed by atoms with Crippen LogP contribution in [0.1, 0.15) is 56.6 Å². The first kappa shape index (κ1) is 12.2. The second kappa shape index (κ2) is 4.70. The molecule has 1 aromatic rings. The van der Waals surface area contributed by atoms with Crippen molar-refractivity contribution in [1.29, 1.82) is 0 Å². The molecule has 1 heteroatoms. The third-order valence-corrected chi connectivity index (χ3v) is 5.36. The highest BCUT2D eigenvalue weighted by atomic mass is 16.3. The number of hydrogen-bond donors (Lipinski definition) is 1. The van der Waals surface area contributed by atoms with Crippen molar-refractivity contribution < 1.29 is 5.11 Å². The molecule has 0 radical (unpaired) electrons. The fourth-order valence-corrected chi connectivity index (χ4v) is 4.09. The van der Waals surface area contributed by atoms with Crippen molar-refractivity contribution in [2.24, 2.45) is 11.8 Å². The van der Waals surface area contributed by atoms with E-state index in [1.165, 1.54) is 43.2 Å². The van der Waals surface area contributed by atoms with Crippen molar-refractivity contribution in [1.82, 2.24) is 0 Å². The van der Waals surface area contributed by atoms with Crippen molar-refractivity contribution in [2.45, 2.75) is 57.5 Å². The predicted molar refractivity (Wildman–Crippen MR) is 74.4 cm³/mol. The highest BCUT2D eigenvalue weighted by Crippen LogP contribution is 2.48. The summed E-state index contributed by atoms with van der Waals surface area (Å²) in [5.41, 5.74) is 2.08. The van der Waals surface area contributed by atoms with Crippen LogP contribution in [0.25, 0.3) is 0 Å². The zero-order valence-corrected chi connectivity index (χ0v) is 11.4. The average molecular weight is 244 g/mol. The molecule has 1 aromatic carbocycles. The Kier molecular flexibility index (Phi) is 3.19. The lowest BCUT2D eigenvalue weighted by molar-refractivity contribution is -0.0424. The van der Waals surface area contributed by atoms with Crippen molar-refractivity contribution in [3.8, 4) is 0 Å². The molecule has 2 aliphatic carbocycles. The molecule has 0 spiro atoms. The number of aryl methyl sites for hydroxylation is 1. The SMILES string of the molecule is CCC1CCC(C2(O)CCc3ccccc32)CC1. The average Bonchev–Trinajstić information content (AvgIpc) is 2.78. The summed E-state index contributed by atoms with van der Waals surface area (Å²) < 4.78 is 0. The van der Waals surface area contributed by atoms with Gasteiger partial charge in [-0.15, -0.1) is 0 Å². The lowest BCUT2D eigenvalue weighted by Crippen LogP contribution is -2.35. The zero-order chi connectivity index (χ0) is 12.6. The van der Waals surface area contributed by atoms with Crippen LogP contribution in [0.4, 0.5) is 0 Å². The molecule has 0 aromatic heterocycles. The summed E-state index contributed by atoms with van der Waals surface area (Å²) >= 11 is 0. The molecule has 98 valence electrons. The van der Waals surface area contributed by atoms with E-state index in [0.29, 0.717) is 5.92 Å². The molecule has 0 heterocycles. The molecule has 0 bridgehead atoms. The van der Waals surface area contributed by atoms with Gasteiger partial charge in [0, 0.05) is 0 Å². The van der Waals surface area contributed by atoms with E-state index in [2.05, 4.69) is 31.2 Å². The van der Waals surface area contributed by atoms with E-state index in [-0.39, 0.29) is 0 Å². The molecule has 1 atom stereocenters. The van der Waals surface area contributed by atoms with Gasteiger partial charge in [0.1, 0.15) is 0 Å². The van der Waals surface area contributed by atoms with Gasteiger partial charge in [0.25, 0.3) is 0 Å². The first-order valence-corrected chi connectivity index (χ1v) is 7.55. The summed E-state index contributed by atoms with van der Waals surface area (Å²) in [5.74, 6) is 1.39. The van der Waals surface area contributed by atoms with Gasteiger partial charge in [0.2, 0.25) is 0 Å². The second-order valence-corrected chi connectivity index (χ2v) is 6.21. The first-order chi connectivity index (χ1) is 8.74. The maximum Gasteiger partial charge on any atom is 0.0930 e. The Balaban J connectivity index is 1.81. The number of aliphatic hydroxyl groups is 1. The molecular weight excluding hydrogens is 220 g/mol. The van der Waals surface area contributed by atoms with Crippen LogP contribution in [-0.2, 0) is 12.0 Å². The Morgan fingerprint density at radius 2 is 1.89 bits per heavy atom. The fourth-order valence-electron chi connectivity index (χ4n) is 4.09. The monoisotopic (exact) mass is 244 g/mol. The Labute approximate surface area is 110 Å². The molecule has 3 rings (SSSR count). The van der Waals surface area contributed by atoms with Crippen molar-refractivity contribution >= 4 is 0 Å². The Bertz CT molecular complexity index is 417. The van der Waals surface area contributed by atoms with Crippen molar-refractivity contribution in [2.75, 3.05) is 0 Å². The highest BCUT2D eigenvalue weighted by molar-refractivity contribution is 5.37. The van der Waals surface area contributed by atoms with Crippen LogP contribution in [0.3, 0.4) is 0 Å². The van der Waals surface area contributed by atoms with Gasteiger partial charge < -0.3 is 5.11 Å². The van der Waals surface area contributed by atoms with Gasteiger partial charge in [-0.05, 0) is 48.6 Å². The van der Waals surface area contributed by atoms with E-state index in [9.17, 15) is 5.11 Å². The van der Waals surface area contributed by atoms with E-state index in [1.807, 2.05) is 0 Å². The lowest BCUT2D eigenvalue weighted by Gasteiger charge is -2.38. The molecule has 1 fully saturated rings. The maximum absolute atomic E-state index is 11.1. The molecule has 18 heavy (non-hydrogen) atoms. The molecular formula is C17H24O. The number of fused-ring (bicyclic) bond motifs is 1. The summed E-state index contributed by atoms with van der Waals surface area (Å²) in [6.45, 7) is 2.30. The smallest absolute Gasteiger partial charge is 0.0930 e. The van der Waals surface area contributed by atoms with Gasteiger partial charge in [-0.25, -0.2) is 0 Å². The number of rotatable bonds is 2. The van der Waals surface area contributed by atoms with Crippen LogP contribution in [-0.4, -0.2) is 5.11 Å². The van der Waals surface area contributed by atoms with Crippen LogP contribution < -0.4 is 0 Å². The van der Waals surface area contributed by atoms with E-state index in [4.69, 9.17) is 0 Å². The van der Waals surface area contributed by atoms with E-state index < -0.39 is 5.60 Å². The molecule has 0 amide bonds. The molecule has 2 aliphatic rings. The van der Waals surface area contributed by atoms with E-state index in [1.54, 1.807) is 0 Å². The third-order valence-electron chi connectivity index (χ3n) is 5.36. The molecule has 0 aliphatic heterocycles. The molecule has 1 saturated carbocycles. The largest absolute Gasteiger partial charge is 0.385 e. The fraction of sp³-hybridized carbons (Fsp3) is 0.647. The van der Waals surface area contributed by atoms with Crippen molar-refractivity contribution in [3.63, 3.8) is 0 Å². The third kappa shape index (κ3) is 1.89. The number of hydrogen-bond acceptors (Lipinski definition) is 1. The molecule has 1 N–H and O–H groups in total. The second-order valence-electron chi connectivity index (χ2n) is 6.21. The summed E-state index contributed by atoms with van der Waals surface area (Å²) in [6, 6.07) is 8.50. The Morgan fingerprint density at radius 1 is 1.17 bits per heavy atom. The van der Waals surface area contributed by atoms with Crippen LogP contribution in [0.15, 0.2) is 24.3 Å². The standard InChI is InChI=1S/C17H24O/c1-2-13-7-9-15(10-8-13)17(18)12-11-14-5-3-4-6-16(14)17/h3-6,13,15,18H,2,7-12H2,1H3. The van der Waals surface area contributed by atoms with Crippen molar-refractivity contribution in [3.05, 3.63) is 35.4 Å². The Morgan fingerprint density at radius 3 is 2.61 bits per heavy atom. The van der Waals surface area contributed by atoms with Gasteiger partial charge in [0.15, 0.2) is 0 Å². The quantitative estimate of drug-likeness (QED) is 0.832. The van der Waals surface area contributed by atoms with E-state index in [0.717, 1.165) is 18.8 Å². The van der Waals surface area contributed by atoms with Crippen LogP contribution in [0.2, 0.25) is 0 Å². The highest BCUT2D eigenvalue weighted by Gasteiger charge is 2.44. The maximum atomic E-state index is 11.1. The summed E-state index contributed by atoms with van der Waals surface area (Å²) in [7, 11) is 0. The number of benzene rings is 1. The van der Waals surface area contributed by atoms with E-state index >= 15 is 0 Å². The minimum absolute atomic E-state index is 0.490. The summed E-state index contributed by atoms with van der Waals surface area (Å²) in [5, 5.41) is 11.1. The summed E-state index contributed by atoms with van der Waals surface area (Å²) in [4.78, 5) is 0. The van der Waals surface area contributed by atoms with Gasteiger partial charge in [-0.2, -0.15) is 0 Å². The van der Waals surface area contributed by atoms with Gasteiger partial charge in [0.05, 0.1) is 5.60 Å². The zero-order valence-electron chi connectivity index (χ0n) is 11.4. The first-order valence-electron chi connectivity index (χ1n) is 7.55. The van der Waals surface area contributed by atoms with Crippen LogP contribution in [0, 0.1) is 11.8 Å². The molecule has 0 saturated heterocycles. The minimum atomic E-state index is -0.519. The van der Waals surface area contributed by atoms with Gasteiger partial charge in [-0.3, -0.25) is 0 Å². The Hall–Kier alpha value is -0.820. The molecule has 1 nitrogen and oxygen atoms in total. The molecule has 1 unspecified atom stereocenters. The topological polar surface area (TPSA) is 20.2 Å². The summed E-state index contributed by atoms with van der Waals surface area (Å²) in [6.07, 6.45) is 8.35. The normalized spacial score (nSPS) is 35.4. The predicted octanol–water partition coefficient (Wildman–Crippen LogP) is 4.04. The lowest BCUT2D eigenvalue weighted by atomic mass is 9.71. The van der Waals surface area contributed by atoms with Gasteiger partial charge >= 0.3 is 0 Å². The van der Waals surface area contributed by atoms with Crippen LogP contribution in [0.5, 0.6) is 0 Å². The minimum Gasteiger partial charge on any atom is -0.385 e.